The van der Waals surface area contributed by atoms with E-state index < -0.39 is 11.7 Å². The highest BCUT2D eigenvalue weighted by Crippen LogP contribution is 2.72. The number of carbonyl (C=O) groups is 1. The molecule has 7 nitrogen and oxygen atoms in total. The normalized spacial score (nSPS) is 39.2. The maximum Gasteiger partial charge on any atom is 0.226 e. The predicted molar refractivity (Wildman–Crippen MR) is 139 cm³/mol. The molecule has 37 heavy (non-hydrogen) atoms. The minimum absolute atomic E-state index is 0.0932. The van der Waals surface area contributed by atoms with Crippen molar-refractivity contribution in [3.8, 4) is 11.5 Å². The molecule has 0 unspecified atom stereocenters. The Bertz CT molecular complexity index is 1300. The van der Waals surface area contributed by atoms with E-state index in [1.54, 1.807) is 6.07 Å². The first kappa shape index (κ1) is 22.4. The van der Waals surface area contributed by atoms with E-state index in [9.17, 15) is 15.0 Å². The van der Waals surface area contributed by atoms with Gasteiger partial charge >= 0.3 is 0 Å². The van der Waals surface area contributed by atoms with E-state index in [4.69, 9.17) is 4.74 Å². The molecule has 2 spiro atoms. The summed E-state index contributed by atoms with van der Waals surface area (Å²) in [5.41, 5.74) is 1.34. The first-order chi connectivity index (χ1) is 17.9. The Labute approximate surface area is 217 Å². The minimum atomic E-state index is -1.19. The van der Waals surface area contributed by atoms with Crippen LogP contribution in [0, 0.1) is 5.92 Å². The molecular formula is C30H35N3O4. The molecule has 2 aromatic carbocycles. The van der Waals surface area contributed by atoms with E-state index >= 15 is 0 Å². The standard InChI is InChI=1S/C30H35N3O4/c1-32-22(16-24(35)31-20-5-3-2-4-6-20)29(36)11-12-30(32)23-15-19-9-10-21(34)26-25(19)28(30,27(29)37-26)13-14-33(23)17-18-7-8-18/h2-6,9-10,18,22-23,27,34,36H,7-8,11-17H2,1H3,(H,31,35)/t22-,23-,27-,28+,29-,30-/m1/s1. The number of anilines is 1. The SMILES string of the molecule is CN1[C@H](CC(=O)Nc2ccccc2)[C@]2(O)CC[C@]13[C@H]1Cc4ccc(O)c5c4[C@@]3(CCN1CC1CC1)[C@H]2O5. The summed E-state index contributed by atoms with van der Waals surface area (Å²) < 4.78 is 6.67. The third-order valence-corrected chi connectivity index (χ3v) is 11.0. The van der Waals surface area contributed by atoms with Crippen LogP contribution in [0.1, 0.15) is 49.7 Å². The largest absolute Gasteiger partial charge is 0.504 e. The Hall–Kier alpha value is -2.61. The number of carbonyl (C=O) groups excluding carboxylic acids is 1. The highest BCUT2D eigenvalue weighted by molar-refractivity contribution is 5.91. The van der Waals surface area contributed by atoms with E-state index in [-0.39, 0.29) is 35.1 Å². The zero-order valence-corrected chi connectivity index (χ0v) is 21.3. The minimum Gasteiger partial charge on any atom is -0.504 e. The van der Waals surface area contributed by atoms with Crippen molar-refractivity contribution >= 4 is 11.6 Å². The van der Waals surface area contributed by atoms with Crippen molar-refractivity contribution in [2.75, 3.05) is 25.5 Å². The number of piperidine rings is 3. The average Bonchev–Trinajstić information content (AvgIpc) is 3.63. The average molecular weight is 502 g/mol. The number of para-hydroxylation sites is 1. The summed E-state index contributed by atoms with van der Waals surface area (Å²) in [6, 6.07) is 13.3. The molecule has 7 aliphatic rings. The molecule has 2 saturated carbocycles. The number of aliphatic hydroxyl groups is 1. The van der Waals surface area contributed by atoms with Gasteiger partial charge in [0.1, 0.15) is 11.7 Å². The predicted octanol–water partition coefficient (Wildman–Crippen LogP) is 3.04. The van der Waals surface area contributed by atoms with Crippen molar-refractivity contribution in [1.29, 1.82) is 0 Å². The molecular weight excluding hydrogens is 466 g/mol. The lowest BCUT2D eigenvalue weighted by Gasteiger charge is -2.76. The van der Waals surface area contributed by atoms with Crippen molar-refractivity contribution in [3.63, 3.8) is 0 Å². The molecule has 3 aliphatic carbocycles. The molecule has 7 heteroatoms. The van der Waals surface area contributed by atoms with Gasteiger partial charge in [0, 0.05) is 30.3 Å². The third-order valence-electron chi connectivity index (χ3n) is 11.0. The molecule has 6 atom stereocenters. The maximum atomic E-state index is 13.3. The number of hydrogen-bond acceptors (Lipinski definition) is 6. The van der Waals surface area contributed by atoms with E-state index in [1.165, 1.54) is 18.4 Å². The lowest BCUT2D eigenvalue weighted by molar-refractivity contribution is -0.286. The van der Waals surface area contributed by atoms with Crippen LogP contribution in [0.4, 0.5) is 5.69 Å². The molecule has 5 fully saturated rings. The zero-order chi connectivity index (χ0) is 25.2. The summed E-state index contributed by atoms with van der Waals surface area (Å²) in [4.78, 5) is 18.5. The number of rotatable bonds is 5. The number of nitrogens with zero attached hydrogens (tertiary/aromatic N) is 2. The summed E-state index contributed by atoms with van der Waals surface area (Å²) >= 11 is 0. The van der Waals surface area contributed by atoms with Gasteiger partial charge < -0.3 is 20.3 Å². The van der Waals surface area contributed by atoms with Crippen LogP contribution >= 0.6 is 0 Å². The van der Waals surface area contributed by atoms with Crippen molar-refractivity contribution in [2.24, 2.45) is 5.92 Å². The lowest BCUT2D eigenvalue weighted by Crippen LogP contribution is -2.91. The van der Waals surface area contributed by atoms with Crippen LogP contribution in [0.5, 0.6) is 11.5 Å². The van der Waals surface area contributed by atoms with Gasteiger partial charge in [-0.1, -0.05) is 24.3 Å². The number of benzene rings is 2. The lowest BCUT2D eigenvalue weighted by atomic mass is 9.41. The highest BCUT2D eigenvalue weighted by atomic mass is 16.5. The summed E-state index contributed by atoms with van der Waals surface area (Å²) in [6.07, 6.45) is 5.66. The Kier molecular flexibility index (Phi) is 4.40. The molecule has 194 valence electrons. The highest BCUT2D eigenvalue weighted by Gasteiger charge is 2.82. The van der Waals surface area contributed by atoms with Crippen molar-refractivity contribution in [3.05, 3.63) is 53.6 Å². The van der Waals surface area contributed by atoms with Crippen molar-refractivity contribution < 1.29 is 19.7 Å². The topological polar surface area (TPSA) is 85.3 Å². The molecule has 3 saturated heterocycles. The number of amides is 1. The Morgan fingerprint density at radius 3 is 2.73 bits per heavy atom. The monoisotopic (exact) mass is 501 g/mol. The summed E-state index contributed by atoms with van der Waals surface area (Å²) in [6.45, 7) is 2.12. The van der Waals surface area contributed by atoms with Gasteiger partial charge in [-0.05, 0) is 81.8 Å². The number of likely N-dealkylation sites (N-methyl/N-ethyl adjacent to an activating group) is 1. The van der Waals surface area contributed by atoms with E-state index in [0.29, 0.717) is 18.2 Å². The van der Waals surface area contributed by atoms with Crippen molar-refractivity contribution in [1.82, 2.24) is 9.80 Å². The van der Waals surface area contributed by atoms with Crippen LogP contribution in [-0.2, 0) is 16.6 Å². The summed E-state index contributed by atoms with van der Waals surface area (Å²) in [7, 11) is 2.14. The molecule has 1 amide bonds. The van der Waals surface area contributed by atoms with E-state index in [2.05, 4.69) is 28.2 Å². The van der Waals surface area contributed by atoms with Gasteiger partial charge in [-0.3, -0.25) is 14.6 Å². The third kappa shape index (κ3) is 2.65. The first-order valence-electron chi connectivity index (χ1n) is 13.9. The maximum absolute atomic E-state index is 13.3. The number of hydrogen-bond donors (Lipinski definition) is 3. The van der Waals surface area contributed by atoms with Gasteiger partial charge in [-0.2, -0.15) is 0 Å². The second-order valence-electron chi connectivity index (χ2n) is 12.5. The fraction of sp³-hybridized carbons (Fsp3) is 0.567. The molecule has 4 bridgehead atoms. The zero-order valence-electron chi connectivity index (χ0n) is 21.3. The molecule has 0 aromatic heterocycles. The van der Waals surface area contributed by atoms with Gasteiger partial charge in [0.05, 0.1) is 17.0 Å². The second kappa shape index (κ2) is 7.28. The molecule has 2 aromatic rings. The Morgan fingerprint density at radius 2 is 1.95 bits per heavy atom. The van der Waals surface area contributed by atoms with Crippen molar-refractivity contribution in [2.45, 2.75) is 79.7 Å². The number of likely N-dealkylation sites (tertiary alicyclic amines) is 1. The summed E-state index contributed by atoms with van der Waals surface area (Å²) in [5.74, 6) is 1.44. The van der Waals surface area contributed by atoms with Crippen LogP contribution in [0.25, 0.3) is 0 Å². The number of phenolic OH excluding ortho intramolecular Hbond substituents is 1. The van der Waals surface area contributed by atoms with Gasteiger partial charge in [0.15, 0.2) is 11.5 Å². The number of fused-ring (bicyclic) bond motifs is 2. The van der Waals surface area contributed by atoms with Crippen LogP contribution < -0.4 is 10.1 Å². The first-order valence-corrected chi connectivity index (χ1v) is 13.9. The number of phenols is 1. The number of ether oxygens (including phenoxy) is 1. The van der Waals surface area contributed by atoms with Gasteiger partial charge in [-0.25, -0.2) is 0 Å². The number of aromatic hydroxyl groups is 1. The smallest absolute Gasteiger partial charge is 0.226 e. The fourth-order valence-corrected chi connectivity index (χ4v) is 9.43. The van der Waals surface area contributed by atoms with Gasteiger partial charge in [-0.15, -0.1) is 0 Å². The molecule has 9 rings (SSSR count). The molecule has 3 N–H and O–H groups in total. The second-order valence-corrected chi connectivity index (χ2v) is 12.5. The fourth-order valence-electron chi connectivity index (χ4n) is 9.43. The van der Waals surface area contributed by atoms with E-state index in [1.807, 2.05) is 30.3 Å². The van der Waals surface area contributed by atoms with Gasteiger partial charge in [0.25, 0.3) is 0 Å². The Balaban J connectivity index is 1.25. The van der Waals surface area contributed by atoms with Gasteiger partial charge in [0.2, 0.25) is 5.91 Å². The molecule has 4 heterocycles. The molecule has 4 aliphatic heterocycles. The summed E-state index contributed by atoms with van der Waals surface area (Å²) in [5, 5.41) is 26.5. The van der Waals surface area contributed by atoms with Crippen LogP contribution in [0.15, 0.2) is 42.5 Å². The number of nitrogens with one attached hydrogen (secondary N) is 1. The molecule has 0 radical (unpaired) electrons. The Morgan fingerprint density at radius 1 is 1.14 bits per heavy atom. The van der Waals surface area contributed by atoms with Crippen LogP contribution in [0.2, 0.25) is 0 Å². The van der Waals surface area contributed by atoms with Crippen LogP contribution in [0.3, 0.4) is 0 Å². The van der Waals surface area contributed by atoms with E-state index in [0.717, 1.165) is 49.5 Å². The van der Waals surface area contributed by atoms with Crippen LogP contribution in [-0.4, -0.2) is 75.4 Å². The quantitative estimate of drug-likeness (QED) is 0.584.